The van der Waals surface area contributed by atoms with Gasteiger partial charge in [0.25, 0.3) is 0 Å². The molecule has 3 heterocycles. The quantitative estimate of drug-likeness (QED) is 0.245. The maximum atomic E-state index is 6.47. The summed E-state index contributed by atoms with van der Waals surface area (Å²) in [5, 5.41) is 7.72. The van der Waals surface area contributed by atoms with E-state index in [4.69, 9.17) is 30.6 Å². The van der Waals surface area contributed by atoms with Crippen LogP contribution in [0.2, 0.25) is 5.02 Å². The molecule has 2 aliphatic heterocycles. The molecule has 5 nitrogen and oxygen atoms in total. The Morgan fingerprint density at radius 3 is 2.61 bits per heavy atom. The average Bonchev–Trinajstić information content (AvgIpc) is 3.52. The third kappa shape index (κ3) is 4.40. The Balaban J connectivity index is 1.36. The van der Waals surface area contributed by atoms with Gasteiger partial charge < -0.3 is 13.9 Å². The van der Waals surface area contributed by atoms with E-state index in [2.05, 4.69) is 34.1 Å². The highest BCUT2D eigenvalue weighted by Gasteiger charge is 2.42. The molecule has 0 N–H and O–H groups in total. The normalized spacial score (nSPS) is 18.5. The van der Waals surface area contributed by atoms with Crippen LogP contribution < -0.4 is 9.47 Å². The fraction of sp³-hybridized carbons (Fsp3) is 0.207. The number of hydrogen-bond acceptors (Lipinski definition) is 5. The van der Waals surface area contributed by atoms with Crippen molar-refractivity contribution >= 4 is 33.2 Å². The van der Waals surface area contributed by atoms with E-state index in [0.717, 1.165) is 50.6 Å². The van der Waals surface area contributed by atoms with Crippen LogP contribution >= 0.6 is 27.5 Å². The number of furan rings is 1. The summed E-state index contributed by atoms with van der Waals surface area (Å²) in [5.41, 5.74) is 4.08. The van der Waals surface area contributed by atoms with Gasteiger partial charge in [-0.05, 0) is 86.1 Å². The van der Waals surface area contributed by atoms with Gasteiger partial charge in [-0.1, -0.05) is 39.7 Å². The molecule has 0 saturated heterocycles. The fourth-order valence-electron chi connectivity index (χ4n) is 4.70. The first-order chi connectivity index (χ1) is 17.4. The van der Waals surface area contributed by atoms with Crippen molar-refractivity contribution in [2.45, 2.75) is 38.6 Å². The van der Waals surface area contributed by atoms with Gasteiger partial charge in [-0.3, -0.25) is 0 Å². The van der Waals surface area contributed by atoms with Crippen LogP contribution in [0.5, 0.6) is 11.5 Å². The van der Waals surface area contributed by atoms with Crippen molar-refractivity contribution in [3.8, 4) is 22.8 Å². The van der Waals surface area contributed by atoms with E-state index in [9.17, 15) is 0 Å². The minimum absolute atomic E-state index is 0.0255. The van der Waals surface area contributed by atoms with Gasteiger partial charge >= 0.3 is 0 Å². The minimum Gasteiger partial charge on any atom is -0.491 e. The summed E-state index contributed by atoms with van der Waals surface area (Å²) in [6.45, 7) is 4.05. The molecule has 0 spiro atoms. The SMILES string of the molecule is CC(C)Oc1ccc(C2=NN3[C@H](C2)c2cc(Br)ccc2O[C@H]3c2ccc(-c3cccc(Cl)c3)o2)cc1. The predicted molar refractivity (Wildman–Crippen MR) is 145 cm³/mol. The maximum absolute atomic E-state index is 6.47. The second kappa shape index (κ2) is 9.34. The van der Waals surface area contributed by atoms with Crippen LogP contribution in [0.4, 0.5) is 0 Å². The first kappa shape index (κ1) is 23.2. The zero-order chi connectivity index (χ0) is 24.8. The zero-order valence-corrected chi connectivity index (χ0v) is 22.2. The van der Waals surface area contributed by atoms with E-state index in [1.54, 1.807) is 0 Å². The van der Waals surface area contributed by atoms with E-state index in [1.807, 2.05) is 79.5 Å². The van der Waals surface area contributed by atoms with E-state index in [0.29, 0.717) is 10.8 Å². The molecule has 0 amide bonds. The number of halogens is 2. The molecule has 0 saturated carbocycles. The van der Waals surface area contributed by atoms with E-state index in [-0.39, 0.29) is 12.1 Å². The van der Waals surface area contributed by atoms with Gasteiger partial charge in [-0.2, -0.15) is 5.10 Å². The molecule has 0 aliphatic carbocycles. The van der Waals surface area contributed by atoms with Gasteiger partial charge in [-0.25, -0.2) is 5.01 Å². The summed E-state index contributed by atoms with van der Waals surface area (Å²) in [4.78, 5) is 0. The van der Waals surface area contributed by atoms with Crippen molar-refractivity contribution in [1.82, 2.24) is 5.01 Å². The molecule has 2 aliphatic rings. The Hall–Kier alpha value is -3.22. The molecule has 0 bridgehead atoms. The third-order valence-electron chi connectivity index (χ3n) is 6.29. The topological polar surface area (TPSA) is 47.2 Å². The van der Waals surface area contributed by atoms with Gasteiger partial charge in [0.15, 0.2) is 5.76 Å². The average molecular weight is 564 g/mol. The Kier molecular flexibility index (Phi) is 6.02. The van der Waals surface area contributed by atoms with Crippen LogP contribution in [0.3, 0.4) is 0 Å². The number of hydrogen-bond donors (Lipinski definition) is 0. The lowest BCUT2D eigenvalue weighted by Crippen LogP contribution is -2.33. The Morgan fingerprint density at radius 2 is 1.83 bits per heavy atom. The van der Waals surface area contributed by atoms with Crippen molar-refractivity contribution < 1.29 is 13.9 Å². The van der Waals surface area contributed by atoms with Gasteiger partial charge in [-0.15, -0.1) is 0 Å². The number of hydrazone groups is 1. The van der Waals surface area contributed by atoms with Crippen LogP contribution in [0.1, 0.15) is 49.4 Å². The van der Waals surface area contributed by atoms with Gasteiger partial charge in [0.1, 0.15) is 17.3 Å². The molecular weight excluding hydrogens is 540 g/mol. The number of fused-ring (bicyclic) bond motifs is 3. The summed E-state index contributed by atoms with van der Waals surface area (Å²) in [6, 6.07) is 25.8. The first-order valence-electron chi connectivity index (χ1n) is 11.9. The highest BCUT2D eigenvalue weighted by Crippen LogP contribution is 2.48. The van der Waals surface area contributed by atoms with Crippen LogP contribution in [-0.2, 0) is 0 Å². The summed E-state index contributed by atoms with van der Waals surface area (Å²) < 4.78 is 19.6. The molecule has 0 unspecified atom stereocenters. The predicted octanol–water partition coefficient (Wildman–Crippen LogP) is 8.39. The van der Waals surface area contributed by atoms with Crippen LogP contribution in [0.25, 0.3) is 11.3 Å². The number of rotatable bonds is 5. The molecule has 7 heteroatoms. The summed E-state index contributed by atoms with van der Waals surface area (Å²) in [6.07, 6.45) is 0.402. The van der Waals surface area contributed by atoms with Crippen LogP contribution in [0, 0.1) is 0 Å². The Labute approximate surface area is 223 Å². The molecular formula is C29H24BrClN2O3. The van der Waals surface area contributed by atoms with Crippen molar-refractivity contribution in [2.75, 3.05) is 0 Å². The van der Waals surface area contributed by atoms with Crippen molar-refractivity contribution in [3.05, 3.63) is 105 Å². The summed E-state index contributed by atoms with van der Waals surface area (Å²) >= 11 is 9.81. The second-order valence-corrected chi connectivity index (χ2v) is 10.6. The highest BCUT2D eigenvalue weighted by atomic mass is 79.9. The molecule has 36 heavy (non-hydrogen) atoms. The van der Waals surface area contributed by atoms with E-state index < -0.39 is 6.23 Å². The van der Waals surface area contributed by atoms with Gasteiger partial charge in [0, 0.05) is 27.0 Å². The standard InChI is InChI=1S/C29H24BrClN2O3/c1-17(2)34-22-9-6-18(7-10-22)24-16-25-23-15-20(30)8-11-27(23)36-29(33(25)32-24)28-13-12-26(35-28)19-4-3-5-21(31)14-19/h3-15,17,25,29H,16H2,1-2H3/t25-,29+/m1/s1. The molecule has 4 aromatic rings. The van der Waals surface area contributed by atoms with E-state index in [1.165, 1.54) is 0 Å². The lowest BCUT2D eigenvalue weighted by molar-refractivity contribution is -0.0322. The monoisotopic (exact) mass is 562 g/mol. The largest absolute Gasteiger partial charge is 0.491 e. The molecule has 0 radical (unpaired) electrons. The molecule has 0 fully saturated rings. The molecule has 3 aromatic carbocycles. The molecule has 1 aromatic heterocycles. The van der Waals surface area contributed by atoms with Crippen LogP contribution in [0.15, 0.2) is 92.9 Å². The Bertz CT molecular complexity index is 1450. The number of nitrogens with zero attached hydrogens (tertiary/aromatic N) is 2. The zero-order valence-electron chi connectivity index (χ0n) is 19.8. The third-order valence-corrected chi connectivity index (χ3v) is 7.02. The second-order valence-electron chi connectivity index (χ2n) is 9.20. The molecule has 182 valence electrons. The highest BCUT2D eigenvalue weighted by molar-refractivity contribution is 9.10. The van der Waals surface area contributed by atoms with Crippen LogP contribution in [-0.4, -0.2) is 16.8 Å². The minimum atomic E-state index is -0.488. The molecule has 6 rings (SSSR count). The van der Waals surface area contributed by atoms with Gasteiger partial charge in [0.2, 0.25) is 6.23 Å². The van der Waals surface area contributed by atoms with Crippen molar-refractivity contribution in [1.29, 1.82) is 0 Å². The first-order valence-corrected chi connectivity index (χ1v) is 13.1. The summed E-state index contributed by atoms with van der Waals surface area (Å²) in [7, 11) is 0. The molecule has 2 atom stereocenters. The van der Waals surface area contributed by atoms with Gasteiger partial charge in [0.05, 0.1) is 17.9 Å². The summed E-state index contributed by atoms with van der Waals surface area (Å²) in [5.74, 6) is 3.11. The lowest BCUT2D eigenvalue weighted by Gasteiger charge is -2.37. The fourth-order valence-corrected chi connectivity index (χ4v) is 5.27. The number of benzene rings is 3. The Morgan fingerprint density at radius 1 is 1.00 bits per heavy atom. The number of ether oxygens (including phenoxy) is 2. The smallest absolute Gasteiger partial charge is 0.246 e. The van der Waals surface area contributed by atoms with Crippen molar-refractivity contribution in [2.24, 2.45) is 5.10 Å². The van der Waals surface area contributed by atoms with Crippen molar-refractivity contribution in [3.63, 3.8) is 0 Å². The van der Waals surface area contributed by atoms with E-state index >= 15 is 0 Å². The lowest BCUT2D eigenvalue weighted by atomic mass is 9.96. The maximum Gasteiger partial charge on any atom is 0.246 e.